The summed E-state index contributed by atoms with van der Waals surface area (Å²) in [5, 5.41) is 0. The van der Waals surface area contributed by atoms with Crippen LogP contribution in [0.5, 0.6) is 0 Å². The molecule has 0 aliphatic heterocycles. The molecule has 2 heteroatoms. The van der Waals surface area contributed by atoms with Crippen LogP contribution in [0.15, 0.2) is 0 Å². The lowest BCUT2D eigenvalue weighted by Crippen LogP contribution is -2.30. The van der Waals surface area contributed by atoms with Gasteiger partial charge in [-0.2, -0.15) is 0 Å². The monoisotopic (exact) mass is 456 g/mol. The van der Waals surface area contributed by atoms with Crippen molar-refractivity contribution in [1.29, 1.82) is 0 Å². The van der Waals surface area contributed by atoms with Gasteiger partial charge in [-0.1, -0.05) is 77.1 Å². The first-order valence-electron chi connectivity index (χ1n) is 14.9. The maximum atomic E-state index is 12.7. The standard InChI is InChI=1S/C31H52O2/c1-3-5-7-9-25-11-13-27(14-12-25)15-16-28-17-21-29(22-18-28)31(32)33-30-23-19-26(20-24-30)10-8-6-4-2/h25-30H,3-14,17-24H2,1-2H3. The fourth-order valence-electron chi connectivity index (χ4n) is 6.47. The molecule has 3 fully saturated rings. The average molecular weight is 457 g/mol. The van der Waals surface area contributed by atoms with Crippen molar-refractivity contribution < 1.29 is 9.53 Å². The molecule has 3 rings (SSSR count). The quantitative estimate of drug-likeness (QED) is 0.186. The Hall–Kier alpha value is -0.970. The summed E-state index contributed by atoms with van der Waals surface area (Å²) in [7, 11) is 0. The summed E-state index contributed by atoms with van der Waals surface area (Å²) in [5.74, 6) is 10.5. The highest BCUT2D eigenvalue weighted by Gasteiger charge is 2.30. The third-order valence-corrected chi connectivity index (χ3v) is 8.91. The number of carbonyl (C=O) groups is 1. The smallest absolute Gasteiger partial charge is 0.309 e. The van der Waals surface area contributed by atoms with Crippen molar-refractivity contribution in [2.45, 2.75) is 148 Å². The van der Waals surface area contributed by atoms with E-state index in [1.54, 1.807) is 0 Å². The van der Waals surface area contributed by atoms with Gasteiger partial charge in [-0.3, -0.25) is 4.79 Å². The molecule has 3 aliphatic rings. The molecule has 0 spiro atoms. The molecule has 2 nitrogen and oxygen atoms in total. The largest absolute Gasteiger partial charge is 0.462 e. The predicted octanol–water partition coefficient (Wildman–Crippen LogP) is 8.87. The van der Waals surface area contributed by atoms with Crippen LogP contribution in [0, 0.1) is 41.4 Å². The number of ether oxygens (including phenoxy) is 1. The third kappa shape index (κ3) is 9.66. The van der Waals surface area contributed by atoms with Crippen molar-refractivity contribution in [3.05, 3.63) is 0 Å². The Labute approximate surface area is 205 Å². The Balaban J connectivity index is 1.28. The van der Waals surface area contributed by atoms with Gasteiger partial charge in [0.15, 0.2) is 0 Å². The van der Waals surface area contributed by atoms with E-state index in [2.05, 4.69) is 25.7 Å². The van der Waals surface area contributed by atoms with Crippen molar-refractivity contribution in [2.24, 2.45) is 29.6 Å². The van der Waals surface area contributed by atoms with Crippen LogP contribution in [0.2, 0.25) is 0 Å². The Bertz CT molecular complexity index is 590. The molecular formula is C31H52O2. The van der Waals surface area contributed by atoms with Gasteiger partial charge in [-0.05, 0) is 88.9 Å². The Morgan fingerprint density at radius 2 is 1.09 bits per heavy atom. The van der Waals surface area contributed by atoms with Gasteiger partial charge in [0.05, 0.1) is 5.92 Å². The first-order valence-corrected chi connectivity index (χ1v) is 14.9. The van der Waals surface area contributed by atoms with Gasteiger partial charge in [-0.25, -0.2) is 0 Å². The van der Waals surface area contributed by atoms with Crippen molar-refractivity contribution in [1.82, 2.24) is 0 Å². The first kappa shape index (κ1) is 26.6. The predicted molar refractivity (Wildman–Crippen MR) is 139 cm³/mol. The number of rotatable bonds is 10. The van der Waals surface area contributed by atoms with Crippen LogP contribution in [0.3, 0.4) is 0 Å². The van der Waals surface area contributed by atoms with Gasteiger partial charge < -0.3 is 4.74 Å². The number of carbonyl (C=O) groups excluding carboxylic acids is 1. The molecular weight excluding hydrogens is 404 g/mol. The summed E-state index contributed by atoms with van der Waals surface area (Å²) in [6, 6.07) is 0. The van der Waals surface area contributed by atoms with Crippen molar-refractivity contribution in [3.8, 4) is 11.8 Å². The summed E-state index contributed by atoms with van der Waals surface area (Å²) >= 11 is 0. The lowest BCUT2D eigenvalue weighted by Gasteiger charge is -2.31. The molecule has 0 aromatic carbocycles. The zero-order chi connectivity index (χ0) is 23.3. The van der Waals surface area contributed by atoms with Crippen molar-refractivity contribution in [3.63, 3.8) is 0 Å². The zero-order valence-electron chi connectivity index (χ0n) is 21.9. The van der Waals surface area contributed by atoms with Crippen LogP contribution in [0.4, 0.5) is 0 Å². The minimum absolute atomic E-state index is 0.0947. The van der Waals surface area contributed by atoms with E-state index >= 15 is 0 Å². The SMILES string of the molecule is CCCCCC1CCC(C#CC2CCC(C(=O)OC3CCC(CCCCC)CC3)CC2)CC1. The Kier molecular flexibility index (Phi) is 12.2. The summed E-state index contributed by atoms with van der Waals surface area (Å²) < 4.78 is 5.97. The molecule has 0 saturated heterocycles. The van der Waals surface area contributed by atoms with Crippen LogP contribution < -0.4 is 0 Å². The van der Waals surface area contributed by atoms with Crippen molar-refractivity contribution >= 4 is 5.97 Å². The topological polar surface area (TPSA) is 26.3 Å². The van der Waals surface area contributed by atoms with Crippen LogP contribution in [0.25, 0.3) is 0 Å². The molecule has 0 bridgehead atoms. The molecule has 188 valence electrons. The van der Waals surface area contributed by atoms with Crippen LogP contribution in [-0.4, -0.2) is 12.1 Å². The zero-order valence-corrected chi connectivity index (χ0v) is 21.9. The highest BCUT2D eigenvalue weighted by molar-refractivity contribution is 5.72. The Morgan fingerprint density at radius 1 is 0.636 bits per heavy atom. The molecule has 0 atom stereocenters. The van der Waals surface area contributed by atoms with E-state index < -0.39 is 0 Å². The number of hydrogen-bond donors (Lipinski definition) is 0. The van der Waals surface area contributed by atoms with Gasteiger partial charge in [0.2, 0.25) is 0 Å². The highest BCUT2D eigenvalue weighted by Crippen LogP contribution is 2.34. The summed E-state index contributed by atoms with van der Waals surface area (Å²) in [4.78, 5) is 12.7. The molecule has 33 heavy (non-hydrogen) atoms. The fraction of sp³-hybridized carbons (Fsp3) is 0.903. The van der Waals surface area contributed by atoms with E-state index in [1.165, 1.54) is 89.9 Å². The molecule has 0 radical (unpaired) electrons. The molecule has 0 amide bonds. The number of hydrogen-bond acceptors (Lipinski definition) is 2. The normalized spacial score (nSPS) is 32.5. The van der Waals surface area contributed by atoms with Gasteiger partial charge in [0.1, 0.15) is 6.10 Å². The van der Waals surface area contributed by atoms with Gasteiger partial charge in [0, 0.05) is 11.8 Å². The summed E-state index contributed by atoms with van der Waals surface area (Å²) in [6.07, 6.45) is 25.4. The number of esters is 1. The molecule has 3 saturated carbocycles. The molecule has 0 unspecified atom stereocenters. The van der Waals surface area contributed by atoms with E-state index in [0.717, 1.165) is 50.4 Å². The van der Waals surface area contributed by atoms with Crippen molar-refractivity contribution in [2.75, 3.05) is 0 Å². The van der Waals surface area contributed by atoms with Gasteiger partial charge in [0.25, 0.3) is 0 Å². The third-order valence-electron chi connectivity index (χ3n) is 8.91. The second-order valence-electron chi connectivity index (χ2n) is 11.6. The summed E-state index contributed by atoms with van der Waals surface area (Å²) in [6.45, 7) is 4.57. The van der Waals surface area contributed by atoms with E-state index in [4.69, 9.17) is 4.74 Å². The molecule has 0 heterocycles. The number of unbranched alkanes of at least 4 members (excludes halogenated alkanes) is 4. The minimum atomic E-state index is 0.0947. The van der Waals surface area contributed by atoms with E-state index in [1.807, 2.05) is 0 Å². The molecule has 0 aromatic rings. The van der Waals surface area contributed by atoms with E-state index in [9.17, 15) is 4.79 Å². The first-order chi connectivity index (χ1) is 16.2. The van der Waals surface area contributed by atoms with Crippen LogP contribution in [-0.2, 0) is 9.53 Å². The van der Waals surface area contributed by atoms with Gasteiger partial charge >= 0.3 is 5.97 Å². The maximum absolute atomic E-state index is 12.7. The fourth-order valence-corrected chi connectivity index (χ4v) is 6.47. The average Bonchev–Trinajstić information content (AvgIpc) is 2.85. The highest BCUT2D eigenvalue weighted by atomic mass is 16.5. The summed E-state index contributed by atoms with van der Waals surface area (Å²) in [5.41, 5.74) is 0. The lowest BCUT2D eigenvalue weighted by atomic mass is 9.79. The lowest BCUT2D eigenvalue weighted by molar-refractivity contribution is -0.157. The maximum Gasteiger partial charge on any atom is 0.309 e. The second-order valence-corrected chi connectivity index (χ2v) is 11.6. The van der Waals surface area contributed by atoms with Crippen LogP contribution >= 0.6 is 0 Å². The second kappa shape index (κ2) is 15.1. The minimum Gasteiger partial charge on any atom is -0.462 e. The molecule has 0 aromatic heterocycles. The molecule has 0 N–H and O–H groups in total. The Morgan fingerprint density at radius 3 is 1.58 bits per heavy atom. The van der Waals surface area contributed by atoms with Gasteiger partial charge in [-0.15, -0.1) is 0 Å². The van der Waals surface area contributed by atoms with E-state index in [0.29, 0.717) is 11.8 Å². The van der Waals surface area contributed by atoms with E-state index in [-0.39, 0.29) is 18.0 Å². The van der Waals surface area contributed by atoms with Crippen LogP contribution in [0.1, 0.15) is 142 Å². The molecule has 3 aliphatic carbocycles.